The van der Waals surface area contributed by atoms with Crippen LogP contribution >= 0.6 is 0 Å². The molecule has 1 heterocycles. The second kappa shape index (κ2) is 6.76. The van der Waals surface area contributed by atoms with Gasteiger partial charge in [0.2, 0.25) is 0 Å². The van der Waals surface area contributed by atoms with E-state index in [1.807, 2.05) is 30.3 Å². The summed E-state index contributed by atoms with van der Waals surface area (Å²) in [6, 6.07) is 11.6. The van der Waals surface area contributed by atoms with Crippen molar-refractivity contribution in [3.63, 3.8) is 0 Å². The second-order valence-electron chi connectivity index (χ2n) is 6.69. The number of urea groups is 1. The third-order valence-electron chi connectivity index (χ3n) is 5.16. The highest BCUT2D eigenvalue weighted by Crippen LogP contribution is 2.40. The van der Waals surface area contributed by atoms with Crippen molar-refractivity contribution in [3.05, 3.63) is 35.9 Å². The molecule has 2 aliphatic rings. The summed E-state index contributed by atoms with van der Waals surface area (Å²) < 4.78 is 27.3. The van der Waals surface area contributed by atoms with Crippen LogP contribution in [0.5, 0.6) is 0 Å². The lowest BCUT2D eigenvalue weighted by molar-refractivity contribution is -0.0351. The van der Waals surface area contributed by atoms with Crippen LogP contribution in [-0.2, 0) is 0 Å². The van der Waals surface area contributed by atoms with Crippen LogP contribution in [0.4, 0.5) is 13.6 Å². The SMILES string of the molecule is N#C[C@@H]1CN(C(=O)NCC2CCCC2(F)F)C[C@H]1c1ccccc1. The zero-order valence-corrected chi connectivity index (χ0v) is 13.4. The van der Waals surface area contributed by atoms with Crippen LogP contribution in [0, 0.1) is 23.2 Å². The summed E-state index contributed by atoms with van der Waals surface area (Å²) in [6.45, 7) is 0.771. The molecule has 1 N–H and O–H groups in total. The number of likely N-dealkylation sites (tertiary alicyclic amines) is 1. The second-order valence-corrected chi connectivity index (χ2v) is 6.69. The number of nitrogens with one attached hydrogen (secondary N) is 1. The summed E-state index contributed by atoms with van der Waals surface area (Å²) in [5.41, 5.74) is 1.03. The number of nitrogens with zero attached hydrogens (tertiary/aromatic N) is 2. The Balaban J connectivity index is 1.59. The topological polar surface area (TPSA) is 56.1 Å². The van der Waals surface area contributed by atoms with Crippen molar-refractivity contribution in [3.8, 4) is 6.07 Å². The Bertz CT molecular complexity index is 629. The van der Waals surface area contributed by atoms with Gasteiger partial charge in [-0.3, -0.25) is 0 Å². The summed E-state index contributed by atoms with van der Waals surface area (Å²) in [5, 5.41) is 12.0. The smallest absolute Gasteiger partial charge is 0.317 e. The molecule has 3 rings (SSSR count). The maximum Gasteiger partial charge on any atom is 0.317 e. The van der Waals surface area contributed by atoms with Crippen molar-refractivity contribution < 1.29 is 13.6 Å². The monoisotopic (exact) mass is 333 g/mol. The van der Waals surface area contributed by atoms with E-state index in [-0.39, 0.29) is 30.8 Å². The maximum absolute atomic E-state index is 13.6. The van der Waals surface area contributed by atoms with E-state index in [2.05, 4.69) is 11.4 Å². The molecule has 0 bridgehead atoms. The molecule has 1 unspecified atom stereocenters. The summed E-state index contributed by atoms with van der Waals surface area (Å²) in [6.07, 6.45) is 0.856. The quantitative estimate of drug-likeness (QED) is 0.922. The number of halogens is 2. The van der Waals surface area contributed by atoms with Gasteiger partial charge in [-0.2, -0.15) is 5.26 Å². The summed E-state index contributed by atoms with van der Waals surface area (Å²) in [4.78, 5) is 13.9. The Hall–Kier alpha value is -2.16. The lowest BCUT2D eigenvalue weighted by Gasteiger charge is -2.22. The van der Waals surface area contributed by atoms with Gasteiger partial charge in [-0.1, -0.05) is 30.3 Å². The highest BCUT2D eigenvalue weighted by molar-refractivity contribution is 5.74. The molecule has 2 amide bonds. The molecule has 3 atom stereocenters. The van der Waals surface area contributed by atoms with E-state index in [0.29, 0.717) is 25.9 Å². The fraction of sp³-hybridized carbons (Fsp3) is 0.556. The van der Waals surface area contributed by atoms with Crippen LogP contribution in [0.15, 0.2) is 30.3 Å². The fourth-order valence-corrected chi connectivity index (χ4v) is 3.71. The molecule has 0 aromatic heterocycles. The minimum absolute atomic E-state index is 0.00441. The first-order valence-corrected chi connectivity index (χ1v) is 8.36. The van der Waals surface area contributed by atoms with Crippen LogP contribution < -0.4 is 5.32 Å². The van der Waals surface area contributed by atoms with Crippen molar-refractivity contribution in [2.45, 2.75) is 31.1 Å². The van der Waals surface area contributed by atoms with E-state index in [1.54, 1.807) is 4.90 Å². The average molecular weight is 333 g/mol. The number of hydrogen-bond acceptors (Lipinski definition) is 2. The summed E-state index contributed by atoms with van der Waals surface area (Å²) >= 11 is 0. The number of hydrogen-bond donors (Lipinski definition) is 1. The van der Waals surface area contributed by atoms with E-state index >= 15 is 0 Å². The number of benzene rings is 1. The zero-order valence-electron chi connectivity index (χ0n) is 13.4. The first kappa shape index (κ1) is 16.7. The molecule has 1 saturated carbocycles. The lowest BCUT2D eigenvalue weighted by Crippen LogP contribution is -2.42. The normalized spacial score (nSPS) is 28.5. The van der Waals surface area contributed by atoms with Gasteiger partial charge in [0.05, 0.1) is 12.0 Å². The van der Waals surface area contributed by atoms with Gasteiger partial charge in [-0.25, -0.2) is 13.6 Å². The molecule has 1 aromatic carbocycles. The van der Waals surface area contributed by atoms with Gasteiger partial charge in [0.1, 0.15) is 0 Å². The van der Waals surface area contributed by atoms with Crippen molar-refractivity contribution >= 4 is 6.03 Å². The van der Waals surface area contributed by atoms with Gasteiger partial charge in [-0.05, 0) is 18.4 Å². The number of carbonyl (C=O) groups excluding carboxylic acids is 1. The Morgan fingerprint density at radius 1 is 1.33 bits per heavy atom. The van der Waals surface area contributed by atoms with Gasteiger partial charge in [0.15, 0.2) is 0 Å². The Labute approximate surface area is 140 Å². The number of alkyl halides is 2. The van der Waals surface area contributed by atoms with Crippen molar-refractivity contribution in [2.24, 2.45) is 11.8 Å². The predicted octanol–water partition coefficient (Wildman–Crippen LogP) is 3.37. The van der Waals surface area contributed by atoms with Crippen molar-refractivity contribution in [1.82, 2.24) is 10.2 Å². The number of nitriles is 1. The van der Waals surface area contributed by atoms with Crippen LogP contribution in [0.2, 0.25) is 0 Å². The van der Waals surface area contributed by atoms with Crippen LogP contribution in [-0.4, -0.2) is 36.5 Å². The van der Waals surface area contributed by atoms with Crippen LogP contribution in [0.3, 0.4) is 0 Å². The molecule has 4 nitrogen and oxygen atoms in total. The van der Waals surface area contributed by atoms with Crippen molar-refractivity contribution in [1.29, 1.82) is 5.26 Å². The highest BCUT2D eigenvalue weighted by Gasteiger charge is 2.44. The molecule has 0 spiro atoms. The predicted molar refractivity (Wildman–Crippen MR) is 85.5 cm³/mol. The molecule has 128 valence electrons. The molecule has 1 aromatic rings. The Morgan fingerprint density at radius 3 is 2.71 bits per heavy atom. The highest BCUT2D eigenvalue weighted by atomic mass is 19.3. The van der Waals surface area contributed by atoms with E-state index in [4.69, 9.17) is 0 Å². The standard InChI is InChI=1S/C18H21F2N3O/c19-18(20)8-4-7-15(18)10-22-17(24)23-11-14(9-21)16(12-23)13-5-2-1-3-6-13/h1-3,5-6,14-16H,4,7-8,10-12H2,(H,22,24)/t14-,15?,16+/m1/s1. The van der Waals surface area contributed by atoms with Gasteiger partial charge < -0.3 is 10.2 Å². The maximum atomic E-state index is 13.6. The summed E-state index contributed by atoms with van der Waals surface area (Å²) in [7, 11) is 0. The number of rotatable bonds is 3. The first-order valence-electron chi connectivity index (χ1n) is 8.36. The van der Waals surface area contributed by atoms with Gasteiger partial charge >= 0.3 is 6.03 Å². The molecular formula is C18H21F2N3O. The lowest BCUT2D eigenvalue weighted by atomic mass is 9.90. The van der Waals surface area contributed by atoms with Gasteiger partial charge in [0, 0.05) is 37.9 Å². The third-order valence-corrected chi connectivity index (χ3v) is 5.16. The van der Waals surface area contributed by atoms with Gasteiger partial charge in [-0.15, -0.1) is 0 Å². The number of amides is 2. The molecule has 1 saturated heterocycles. The average Bonchev–Trinajstić information content (AvgIpc) is 3.16. The largest absolute Gasteiger partial charge is 0.337 e. The fourth-order valence-electron chi connectivity index (χ4n) is 3.71. The minimum atomic E-state index is -2.68. The van der Waals surface area contributed by atoms with E-state index in [0.717, 1.165) is 5.56 Å². The van der Waals surface area contributed by atoms with E-state index < -0.39 is 11.8 Å². The number of carbonyl (C=O) groups is 1. The summed E-state index contributed by atoms with van der Waals surface area (Å²) in [5.74, 6) is -3.76. The molecule has 24 heavy (non-hydrogen) atoms. The van der Waals surface area contributed by atoms with Crippen LogP contribution in [0.1, 0.15) is 30.7 Å². The van der Waals surface area contributed by atoms with E-state index in [9.17, 15) is 18.8 Å². The molecule has 1 aliphatic carbocycles. The minimum Gasteiger partial charge on any atom is -0.337 e. The van der Waals surface area contributed by atoms with E-state index in [1.165, 1.54) is 0 Å². The third kappa shape index (κ3) is 3.35. The zero-order chi connectivity index (χ0) is 17.2. The van der Waals surface area contributed by atoms with Gasteiger partial charge in [0.25, 0.3) is 5.92 Å². The van der Waals surface area contributed by atoms with Crippen molar-refractivity contribution in [2.75, 3.05) is 19.6 Å². The molecule has 6 heteroatoms. The molecule has 2 fully saturated rings. The Kier molecular flexibility index (Phi) is 4.70. The molecule has 1 aliphatic heterocycles. The first-order chi connectivity index (χ1) is 11.5. The molecule has 0 radical (unpaired) electrons. The molecular weight excluding hydrogens is 312 g/mol. The Morgan fingerprint density at radius 2 is 2.08 bits per heavy atom. The van der Waals surface area contributed by atoms with Crippen LogP contribution in [0.25, 0.3) is 0 Å².